The van der Waals surface area contributed by atoms with Crippen molar-refractivity contribution in [3.05, 3.63) is 47.1 Å². The molecule has 2 nitrogen and oxygen atoms in total. The van der Waals surface area contributed by atoms with Crippen LogP contribution in [0.1, 0.15) is 0 Å². The summed E-state index contributed by atoms with van der Waals surface area (Å²) in [5, 5.41) is 0. The zero-order valence-electron chi connectivity index (χ0n) is 7.85. The van der Waals surface area contributed by atoms with Gasteiger partial charge < -0.3 is 5.73 Å². The first-order valence-electron chi connectivity index (χ1n) is 4.39. The molecule has 15 heavy (non-hydrogen) atoms. The van der Waals surface area contributed by atoms with Gasteiger partial charge >= 0.3 is 0 Å². The van der Waals surface area contributed by atoms with E-state index in [1.807, 2.05) is 24.3 Å². The number of benzene rings is 1. The lowest BCUT2D eigenvalue weighted by Gasteiger charge is -2.02. The smallest absolute Gasteiger partial charge is 0.124 e. The predicted molar refractivity (Wildman–Crippen MR) is 66.9 cm³/mol. The van der Waals surface area contributed by atoms with Crippen LogP contribution >= 0.6 is 27.7 Å². The number of halogens is 1. The maximum absolute atomic E-state index is 5.61. The van der Waals surface area contributed by atoms with Gasteiger partial charge in [-0.15, -0.1) is 0 Å². The van der Waals surface area contributed by atoms with Crippen LogP contribution in [0.4, 0.5) is 5.82 Å². The summed E-state index contributed by atoms with van der Waals surface area (Å²) >= 11 is 5.11. The fourth-order valence-electron chi connectivity index (χ4n) is 1.16. The van der Waals surface area contributed by atoms with Gasteiger partial charge in [0, 0.05) is 20.5 Å². The quantitative estimate of drug-likeness (QED) is 0.914. The lowest BCUT2D eigenvalue weighted by atomic mass is 10.4. The van der Waals surface area contributed by atoms with Crippen LogP contribution in [-0.4, -0.2) is 4.98 Å². The number of aromatic nitrogens is 1. The third-order valence-electron chi connectivity index (χ3n) is 1.78. The van der Waals surface area contributed by atoms with Gasteiger partial charge in [-0.1, -0.05) is 33.8 Å². The molecule has 0 spiro atoms. The van der Waals surface area contributed by atoms with E-state index in [0.717, 1.165) is 9.37 Å². The Balaban J connectivity index is 2.22. The number of nitrogens with two attached hydrogens (primary N) is 1. The van der Waals surface area contributed by atoms with Crippen LogP contribution < -0.4 is 5.73 Å². The van der Waals surface area contributed by atoms with E-state index < -0.39 is 0 Å². The molecule has 2 aromatic rings. The van der Waals surface area contributed by atoms with Crippen molar-refractivity contribution in [1.29, 1.82) is 0 Å². The van der Waals surface area contributed by atoms with Gasteiger partial charge in [0.05, 0.1) is 0 Å². The van der Waals surface area contributed by atoms with Crippen molar-refractivity contribution in [2.45, 2.75) is 9.79 Å². The molecule has 0 aliphatic heterocycles. The van der Waals surface area contributed by atoms with Crippen LogP contribution in [0.15, 0.2) is 56.9 Å². The molecular weight excluding hydrogens is 272 g/mol. The van der Waals surface area contributed by atoms with Gasteiger partial charge in [0.2, 0.25) is 0 Å². The zero-order chi connectivity index (χ0) is 10.7. The number of nitrogen functional groups attached to an aromatic ring is 1. The summed E-state index contributed by atoms with van der Waals surface area (Å²) in [5.74, 6) is 0.551. The molecule has 0 saturated carbocycles. The molecule has 0 atom stereocenters. The van der Waals surface area contributed by atoms with Gasteiger partial charge in [0.1, 0.15) is 5.82 Å². The highest BCUT2D eigenvalue weighted by Crippen LogP contribution is 2.29. The van der Waals surface area contributed by atoms with Crippen LogP contribution in [0, 0.1) is 0 Å². The molecule has 2 rings (SSSR count). The van der Waals surface area contributed by atoms with E-state index in [4.69, 9.17) is 5.73 Å². The molecule has 0 unspecified atom stereocenters. The second kappa shape index (κ2) is 4.68. The fourth-order valence-corrected chi connectivity index (χ4v) is 2.62. The summed E-state index contributed by atoms with van der Waals surface area (Å²) in [6.07, 6.45) is 1.72. The molecule has 0 saturated heterocycles. The average molecular weight is 281 g/mol. The molecule has 4 heteroatoms. The number of nitrogens with zero attached hydrogens (tertiary/aromatic N) is 1. The Bertz CT molecular complexity index is 430. The molecule has 76 valence electrons. The monoisotopic (exact) mass is 280 g/mol. The lowest BCUT2D eigenvalue weighted by molar-refractivity contribution is 1.27. The largest absolute Gasteiger partial charge is 0.384 e. The van der Waals surface area contributed by atoms with Gasteiger partial charge in [-0.2, -0.15) is 0 Å². The molecule has 2 N–H and O–H groups in total. The van der Waals surface area contributed by atoms with Gasteiger partial charge in [-0.3, -0.25) is 0 Å². The van der Waals surface area contributed by atoms with Crippen molar-refractivity contribution in [1.82, 2.24) is 4.98 Å². The first kappa shape index (κ1) is 10.5. The summed E-state index contributed by atoms with van der Waals surface area (Å²) < 4.78 is 1.08. The van der Waals surface area contributed by atoms with Gasteiger partial charge in [-0.05, 0) is 30.3 Å². The second-order valence-electron chi connectivity index (χ2n) is 2.98. The van der Waals surface area contributed by atoms with Crippen molar-refractivity contribution in [3.8, 4) is 0 Å². The number of hydrogen-bond acceptors (Lipinski definition) is 3. The summed E-state index contributed by atoms with van der Waals surface area (Å²) in [6.45, 7) is 0. The van der Waals surface area contributed by atoms with Gasteiger partial charge in [-0.25, -0.2) is 4.98 Å². The number of hydrogen-bond donors (Lipinski definition) is 1. The van der Waals surface area contributed by atoms with Crippen LogP contribution in [0.25, 0.3) is 0 Å². The highest BCUT2D eigenvalue weighted by molar-refractivity contribution is 9.10. The maximum atomic E-state index is 5.61. The highest BCUT2D eigenvalue weighted by atomic mass is 79.9. The third-order valence-corrected chi connectivity index (χ3v) is 3.26. The molecular formula is C11H9BrN2S. The van der Waals surface area contributed by atoms with Crippen molar-refractivity contribution in [3.63, 3.8) is 0 Å². The zero-order valence-corrected chi connectivity index (χ0v) is 10.3. The SMILES string of the molecule is Nc1cc(Sc2cccc(Br)c2)ccn1. The number of anilines is 1. The van der Waals surface area contributed by atoms with Crippen molar-refractivity contribution in [2.75, 3.05) is 5.73 Å². The van der Waals surface area contributed by atoms with Crippen molar-refractivity contribution < 1.29 is 0 Å². The van der Waals surface area contributed by atoms with E-state index >= 15 is 0 Å². The van der Waals surface area contributed by atoms with Gasteiger partial charge in [0.15, 0.2) is 0 Å². The topological polar surface area (TPSA) is 38.9 Å². The Labute approximate surface area is 101 Å². The highest BCUT2D eigenvalue weighted by Gasteiger charge is 1.98. The molecule has 0 radical (unpaired) electrons. The van der Waals surface area contributed by atoms with Gasteiger partial charge in [0.25, 0.3) is 0 Å². The molecule has 0 fully saturated rings. The Hall–Kier alpha value is -1.00. The molecule has 1 aromatic heterocycles. The Morgan fingerprint density at radius 3 is 2.67 bits per heavy atom. The van der Waals surface area contributed by atoms with E-state index in [1.54, 1.807) is 18.0 Å². The van der Waals surface area contributed by atoms with E-state index in [2.05, 4.69) is 33.0 Å². The molecule has 0 bridgehead atoms. The van der Waals surface area contributed by atoms with Crippen LogP contribution in [-0.2, 0) is 0 Å². The Morgan fingerprint density at radius 2 is 1.93 bits per heavy atom. The lowest BCUT2D eigenvalue weighted by Crippen LogP contribution is -1.88. The number of rotatable bonds is 2. The predicted octanol–water partition coefficient (Wildman–Crippen LogP) is 3.58. The normalized spacial score (nSPS) is 10.2. The first-order chi connectivity index (χ1) is 7.24. The summed E-state index contributed by atoms with van der Waals surface area (Å²) in [6, 6.07) is 12.0. The molecule has 0 aliphatic carbocycles. The van der Waals surface area contributed by atoms with E-state index in [0.29, 0.717) is 5.82 Å². The van der Waals surface area contributed by atoms with E-state index in [9.17, 15) is 0 Å². The molecule has 1 heterocycles. The minimum Gasteiger partial charge on any atom is -0.384 e. The van der Waals surface area contributed by atoms with E-state index in [1.165, 1.54) is 4.90 Å². The minimum absolute atomic E-state index is 0.551. The number of pyridine rings is 1. The second-order valence-corrected chi connectivity index (χ2v) is 5.04. The van der Waals surface area contributed by atoms with Crippen LogP contribution in [0.3, 0.4) is 0 Å². The summed E-state index contributed by atoms with van der Waals surface area (Å²) in [5.41, 5.74) is 5.61. The van der Waals surface area contributed by atoms with Crippen molar-refractivity contribution in [2.24, 2.45) is 0 Å². The Kier molecular flexibility index (Phi) is 3.28. The minimum atomic E-state index is 0.551. The molecule has 0 amide bonds. The van der Waals surface area contributed by atoms with E-state index in [-0.39, 0.29) is 0 Å². The summed E-state index contributed by atoms with van der Waals surface area (Å²) in [4.78, 5) is 6.23. The van der Waals surface area contributed by atoms with Crippen LogP contribution in [0.5, 0.6) is 0 Å². The van der Waals surface area contributed by atoms with Crippen molar-refractivity contribution >= 4 is 33.5 Å². The molecule has 0 aliphatic rings. The fraction of sp³-hybridized carbons (Fsp3) is 0. The summed E-state index contributed by atoms with van der Waals surface area (Å²) in [7, 11) is 0. The molecule has 1 aromatic carbocycles. The third kappa shape index (κ3) is 2.97. The maximum Gasteiger partial charge on any atom is 0.124 e. The first-order valence-corrected chi connectivity index (χ1v) is 6.00. The van der Waals surface area contributed by atoms with Crippen LogP contribution in [0.2, 0.25) is 0 Å². The average Bonchev–Trinajstić information content (AvgIpc) is 2.17. The Morgan fingerprint density at radius 1 is 1.13 bits per heavy atom. The standard InChI is InChI=1S/C11H9BrN2S/c12-8-2-1-3-9(6-8)15-10-4-5-14-11(13)7-10/h1-7H,(H2,13,14).